The molecule has 0 spiro atoms. The van der Waals surface area contributed by atoms with Crippen LogP contribution in [-0.2, 0) is 42.8 Å². The van der Waals surface area contributed by atoms with Crippen molar-refractivity contribution in [1.82, 2.24) is 0 Å². The SMILES string of the molecule is CCCCCCCCCCCCCCCCCC(=O)OCCOCCOCCOCCOCCOS(=O)(=O)c1ccc(C)cc1. The van der Waals surface area contributed by atoms with Gasteiger partial charge < -0.3 is 23.7 Å². The minimum atomic E-state index is -3.77. The molecule has 0 N–H and O–H groups in total. The molecule has 0 bridgehead atoms. The highest BCUT2D eigenvalue weighted by atomic mass is 32.2. The molecule has 0 unspecified atom stereocenters. The van der Waals surface area contributed by atoms with Crippen LogP contribution in [0.1, 0.15) is 115 Å². The Kier molecular flexibility index (Phi) is 27.5. The molecule has 0 amide bonds. The third-order valence-electron chi connectivity index (χ3n) is 7.37. The van der Waals surface area contributed by atoms with Crippen LogP contribution in [0.15, 0.2) is 29.2 Å². The largest absolute Gasteiger partial charge is 0.463 e. The average Bonchev–Trinajstić information content (AvgIpc) is 3.03. The minimum absolute atomic E-state index is 0.0575. The van der Waals surface area contributed by atoms with Gasteiger partial charge in [-0.1, -0.05) is 115 Å². The summed E-state index contributed by atoms with van der Waals surface area (Å²) in [5.74, 6) is -0.148. The average molecular weight is 659 g/mol. The van der Waals surface area contributed by atoms with Gasteiger partial charge in [0.2, 0.25) is 0 Å². The smallest absolute Gasteiger partial charge is 0.305 e. The molecular weight excluding hydrogens is 596 g/mol. The number of carbonyl (C=O) groups is 1. The van der Waals surface area contributed by atoms with Crippen molar-refractivity contribution in [3.63, 3.8) is 0 Å². The van der Waals surface area contributed by atoms with Gasteiger partial charge in [0.15, 0.2) is 0 Å². The summed E-state index contributed by atoms with van der Waals surface area (Å²) in [4.78, 5) is 12.0. The molecular formula is C35H62O9S. The molecule has 10 heteroatoms. The van der Waals surface area contributed by atoms with Gasteiger partial charge in [0.1, 0.15) is 6.61 Å². The Balaban J connectivity index is 1.74. The lowest BCUT2D eigenvalue weighted by Crippen LogP contribution is -2.15. The molecule has 1 aromatic rings. The molecule has 262 valence electrons. The molecule has 1 aromatic carbocycles. The monoisotopic (exact) mass is 658 g/mol. The van der Waals surface area contributed by atoms with Gasteiger partial charge in [-0.3, -0.25) is 8.98 Å². The van der Waals surface area contributed by atoms with E-state index in [9.17, 15) is 13.2 Å². The first-order valence-corrected chi connectivity index (χ1v) is 18.8. The van der Waals surface area contributed by atoms with Crippen LogP contribution in [-0.4, -0.2) is 80.5 Å². The molecule has 1 rings (SSSR count). The second-order valence-electron chi connectivity index (χ2n) is 11.5. The van der Waals surface area contributed by atoms with Crippen LogP contribution in [0.2, 0.25) is 0 Å². The zero-order valence-corrected chi connectivity index (χ0v) is 29.1. The van der Waals surface area contributed by atoms with Gasteiger partial charge in [-0.05, 0) is 25.5 Å². The molecule has 45 heavy (non-hydrogen) atoms. The lowest BCUT2D eigenvalue weighted by atomic mass is 10.0. The summed E-state index contributed by atoms with van der Waals surface area (Å²) in [6, 6.07) is 6.49. The molecule has 0 saturated carbocycles. The third kappa shape index (κ3) is 26.2. The van der Waals surface area contributed by atoms with E-state index in [1.54, 1.807) is 12.1 Å². The zero-order valence-electron chi connectivity index (χ0n) is 28.3. The van der Waals surface area contributed by atoms with Crippen LogP contribution in [0, 0.1) is 6.92 Å². The van der Waals surface area contributed by atoms with E-state index >= 15 is 0 Å². The summed E-state index contributed by atoms with van der Waals surface area (Å²) >= 11 is 0. The van der Waals surface area contributed by atoms with Gasteiger partial charge >= 0.3 is 5.97 Å². The molecule has 0 aliphatic rings. The van der Waals surface area contributed by atoms with Crippen LogP contribution in [0.3, 0.4) is 0 Å². The number of hydrogen-bond acceptors (Lipinski definition) is 9. The fourth-order valence-corrected chi connectivity index (χ4v) is 5.56. The van der Waals surface area contributed by atoms with Crippen molar-refractivity contribution in [2.24, 2.45) is 0 Å². The van der Waals surface area contributed by atoms with Crippen LogP contribution >= 0.6 is 0 Å². The summed E-state index contributed by atoms with van der Waals surface area (Å²) in [7, 11) is -3.77. The quantitative estimate of drug-likeness (QED) is 0.0429. The van der Waals surface area contributed by atoms with Gasteiger partial charge in [-0.2, -0.15) is 8.42 Å². The number of hydrogen-bond donors (Lipinski definition) is 0. The number of carbonyl (C=O) groups excluding carboxylic acids is 1. The first kappa shape index (κ1) is 41.5. The lowest BCUT2D eigenvalue weighted by molar-refractivity contribution is -0.145. The highest BCUT2D eigenvalue weighted by Gasteiger charge is 2.14. The van der Waals surface area contributed by atoms with E-state index in [1.807, 2.05) is 6.92 Å². The fraction of sp³-hybridized carbons (Fsp3) is 0.800. The van der Waals surface area contributed by atoms with E-state index in [1.165, 1.54) is 95.6 Å². The van der Waals surface area contributed by atoms with E-state index in [4.69, 9.17) is 27.9 Å². The summed E-state index contributed by atoms with van der Waals surface area (Å²) in [5.41, 5.74) is 0.978. The second kappa shape index (κ2) is 29.8. The highest BCUT2D eigenvalue weighted by molar-refractivity contribution is 7.86. The number of unbranched alkanes of at least 4 members (excludes halogenated alkanes) is 14. The Morgan fingerprint density at radius 3 is 1.36 bits per heavy atom. The van der Waals surface area contributed by atoms with Crippen molar-refractivity contribution in [1.29, 1.82) is 0 Å². The van der Waals surface area contributed by atoms with Crippen molar-refractivity contribution in [3.05, 3.63) is 29.8 Å². The van der Waals surface area contributed by atoms with Crippen LogP contribution in [0.25, 0.3) is 0 Å². The van der Waals surface area contributed by atoms with Crippen LogP contribution in [0.5, 0.6) is 0 Å². The Hall–Kier alpha value is -1.56. The summed E-state index contributed by atoms with van der Waals surface area (Å²) < 4.78 is 56.0. The molecule has 0 aliphatic heterocycles. The molecule has 0 fully saturated rings. The summed E-state index contributed by atoms with van der Waals surface area (Å²) in [5, 5.41) is 0. The normalized spacial score (nSPS) is 11.7. The molecule has 9 nitrogen and oxygen atoms in total. The standard InChI is InChI=1S/C35H62O9S/c1-3-4-5-6-7-8-9-10-11-12-13-14-15-16-17-18-35(36)43-31-29-41-27-25-39-23-24-40-26-28-42-30-32-44-45(37,38)34-21-19-33(2)20-22-34/h19-22H,3-18,23-32H2,1-2H3. The molecule has 0 radical (unpaired) electrons. The van der Waals surface area contributed by atoms with E-state index in [0.29, 0.717) is 52.7 Å². The summed E-state index contributed by atoms with van der Waals surface area (Å²) in [6.07, 6.45) is 20.1. The first-order chi connectivity index (χ1) is 22.0. The van der Waals surface area contributed by atoms with Crippen molar-refractivity contribution >= 4 is 16.1 Å². The Bertz CT molecular complexity index is 906. The van der Waals surface area contributed by atoms with Gasteiger partial charge in [0, 0.05) is 6.42 Å². The Labute approximate surface area is 274 Å². The number of ether oxygens (including phenoxy) is 5. The minimum Gasteiger partial charge on any atom is -0.463 e. The maximum absolute atomic E-state index is 12.1. The van der Waals surface area contributed by atoms with Gasteiger partial charge in [0.25, 0.3) is 10.1 Å². The fourth-order valence-electron chi connectivity index (χ4n) is 4.66. The van der Waals surface area contributed by atoms with Crippen molar-refractivity contribution < 1.29 is 41.1 Å². The number of aryl methyl sites for hydroxylation is 1. The maximum atomic E-state index is 12.1. The summed E-state index contributed by atoms with van der Waals surface area (Å²) in [6.45, 7) is 7.27. The molecule has 0 aliphatic carbocycles. The van der Waals surface area contributed by atoms with E-state index < -0.39 is 10.1 Å². The van der Waals surface area contributed by atoms with Crippen molar-refractivity contribution in [2.75, 3.05) is 66.1 Å². The molecule has 0 saturated heterocycles. The number of benzene rings is 1. The predicted molar refractivity (Wildman–Crippen MR) is 178 cm³/mol. The topological polar surface area (TPSA) is 107 Å². The number of rotatable bonds is 33. The van der Waals surface area contributed by atoms with Gasteiger partial charge in [0.05, 0.1) is 64.4 Å². The van der Waals surface area contributed by atoms with E-state index in [-0.39, 0.29) is 30.7 Å². The lowest BCUT2D eigenvalue weighted by Gasteiger charge is -2.08. The second-order valence-corrected chi connectivity index (χ2v) is 13.1. The Morgan fingerprint density at radius 1 is 0.533 bits per heavy atom. The van der Waals surface area contributed by atoms with Gasteiger partial charge in [-0.15, -0.1) is 0 Å². The maximum Gasteiger partial charge on any atom is 0.305 e. The predicted octanol–water partition coefficient (Wildman–Crippen LogP) is 7.57. The molecule has 0 atom stereocenters. The van der Waals surface area contributed by atoms with Crippen molar-refractivity contribution in [2.45, 2.75) is 121 Å². The zero-order chi connectivity index (χ0) is 32.7. The highest BCUT2D eigenvalue weighted by Crippen LogP contribution is 2.14. The first-order valence-electron chi connectivity index (χ1n) is 17.4. The number of esters is 1. The third-order valence-corrected chi connectivity index (χ3v) is 8.69. The van der Waals surface area contributed by atoms with Crippen LogP contribution in [0.4, 0.5) is 0 Å². The Morgan fingerprint density at radius 2 is 0.911 bits per heavy atom. The van der Waals surface area contributed by atoms with Crippen LogP contribution < -0.4 is 0 Å². The molecule has 0 heterocycles. The van der Waals surface area contributed by atoms with Gasteiger partial charge in [-0.25, -0.2) is 0 Å². The van der Waals surface area contributed by atoms with E-state index in [0.717, 1.165) is 18.4 Å². The molecule has 0 aromatic heterocycles. The van der Waals surface area contributed by atoms with E-state index in [2.05, 4.69) is 6.92 Å². The van der Waals surface area contributed by atoms with Crippen molar-refractivity contribution in [3.8, 4) is 0 Å².